The van der Waals surface area contributed by atoms with E-state index in [0.717, 1.165) is 11.1 Å². The molecular formula is C16H15NO. The Morgan fingerprint density at radius 3 is 2.33 bits per heavy atom. The van der Waals surface area contributed by atoms with Crippen LogP contribution in [-0.4, -0.2) is 13.2 Å². The molecule has 0 radical (unpaired) electrons. The summed E-state index contributed by atoms with van der Waals surface area (Å²) in [5.74, 6) is 0.906. The SMILES string of the molecule is NCCOc1cccc2cc3ccccc3cc12. The zero-order chi connectivity index (χ0) is 12.4. The molecule has 0 spiro atoms. The molecule has 0 heterocycles. The van der Waals surface area contributed by atoms with Crippen molar-refractivity contribution in [2.75, 3.05) is 13.2 Å². The highest BCUT2D eigenvalue weighted by molar-refractivity contribution is 6.00. The van der Waals surface area contributed by atoms with Gasteiger partial charge in [-0.3, -0.25) is 0 Å². The Morgan fingerprint density at radius 1 is 0.833 bits per heavy atom. The highest BCUT2D eigenvalue weighted by Gasteiger charge is 2.03. The highest BCUT2D eigenvalue weighted by atomic mass is 16.5. The summed E-state index contributed by atoms with van der Waals surface area (Å²) >= 11 is 0. The van der Waals surface area contributed by atoms with Crippen LogP contribution in [0.3, 0.4) is 0 Å². The lowest BCUT2D eigenvalue weighted by atomic mass is 10.0. The summed E-state index contributed by atoms with van der Waals surface area (Å²) in [5.41, 5.74) is 5.49. The van der Waals surface area contributed by atoms with Crippen molar-refractivity contribution in [2.45, 2.75) is 0 Å². The molecule has 0 saturated carbocycles. The predicted molar refractivity (Wildman–Crippen MR) is 76.0 cm³/mol. The quantitative estimate of drug-likeness (QED) is 0.709. The second-order valence-electron chi connectivity index (χ2n) is 4.31. The second kappa shape index (κ2) is 4.67. The van der Waals surface area contributed by atoms with E-state index in [4.69, 9.17) is 10.5 Å². The number of benzene rings is 3. The van der Waals surface area contributed by atoms with Gasteiger partial charge in [0.2, 0.25) is 0 Å². The molecule has 3 aromatic rings. The largest absolute Gasteiger partial charge is 0.492 e. The first kappa shape index (κ1) is 11.1. The summed E-state index contributed by atoms with van der Waals surface area (Å²) in [6.07, 6.45) is 0. The van der Waals surface area contributed by atoms with Crippen molar-refractivity contribution in [3.05, 3.63) is 54.6 Å². The third-order valence-corrected chi connectivity index (χ3v) is 3.08. The van der Waals surface area contributed by atoms with Crippen LogP contribution in [0.4, 0.5) is 0 Å². The monoisotopic (exact) mass is 237 g/mol. The van der Waals surface area contributed by atoms with Crippen LogP contribution in [0.15, 0.2) is 54.6 Å². The van der Waals surface area contributed by atoms with Crippen molar-refractivity contribution >= 4 is 21.5 Å². The van der Waals surface area contributed by atoms with Crippen molar-refractivity contribution in [1.29, 1.82) is 0 Å². The first-order valence-electron chi connectivity index (χ1n) is 6.13. The molecule has 0 bridgehead atoms. The van der Waals surface area contributed by atoms with Crippen LogP contribution in [0.2, 0.25) is 0 Å². The number of hydrogen-bond donors (Lipinski definition) is 1. The molecule has 18 heavy (non-hydrogen) atoms. The van der Waals surface area contributed by atoms with E-state index in [1.165, 1.54) is 16.2 Å². The average molecular weight is 237 g/mol. The first-order valence-corrected chi connectivity index (χ1v) is 6.13. The maximum Gasteiger partial charge on any atom is 0.127 e. The van der Waals surface area contributed by atoms with Crippen molar-refractivity contribution in [3.63, 3.8) is 0 Å². The van der Waals surface area contributed by atoms with E-state index in [-0.39, 0.29) is 0 Å². The average Bonchev–Trinajstić information content (AvgIpc) is 2.43. The molecule has 0 amide bonds. The van der Waals surface area contributed by atoms with Gasteiger partial charge in [-0.05, 0) is 34.4 Å². The summed E-state index contributed by atoms with van der Waals surface area (Å²) < 4.78 is 5.69. The molecule has 0 unspecified atom stereocenters. The van der Waals surface area contributed by atoms with Gasteiger partial charge >= 0.3 is 0 Å². The fourth-order valence-electron chi connectivity index (χ4n) is 2.23. The molecule has 2 heteroatoms. The number of rotatable bonds is 3. The van der Waals surface area contributed by atoms with E-state index in [2.05, 4.69) is 42.5 Å². The number of fused-ring (bicyclic) bond motifs is 2. The molecular weight excluding hydrogens is 222 g/mol. The minimum atomic E-state index is 0.532. The number of hydrogen-bond acceptors (Lipinski definition) is 2. The molecule has 2 N–H and O–H groups in total. The van der Waals surface area contributed by atoms with Gasteiger partial charge in [0, 0.05) is 11.9 Å². The summed E-state index contributed by atoms with van der Waals surface area (Å²) in [5, 5.41) is 4.82. The van der Waals surface area contributed by atoms with E-state index < -0.39 is 0 Å². The maximum absolute atomic E-state index is 5.69. The van der Waals surface area contributed by atoms with Crippen molar-refractivity contribution in [3.8, 4) is 5.75 Å². The van der Waals surface area contributed by atoms with Gasteiger partial charge in [-0.2, -0.15) is 0 Å². The molecule has 0 aliphatic rings. The van der Waals surface area contributed by atoms with Gasteiger partial charge in [0.15, 0.2) is 0 Å². The molecule has 0 aromatic heterocycles. The van der Waals surface area contributed by atoms with Crippen LogP contribution < -0.4 is 10.5 Å². The molecule has 90 valence electrons. The smallest absolute Gasteiger partial charge is 0.127 e. The van der Waals surface area contributed by atoms with Gasteiger partial charge in [-0.25, -0.2) is 0 Å². The molecule has 3 rings (SSSR count). The minimum absolute atomic E-state index is 0.532. The third kappa shape index (κ3) is 1.91. The van der Waals surface area contributed by atoms with Crippen LogP contribution >= 0.6 is 0 Å². The topological polar surface area (TPSA) is 35.2 Å². The van der Waals surface area contributed by atoms with Crippen molar-refractivity contribution in [2.24, 2.45) is 5.73 Å². The van der Waals surface area contributed by atoms with Gasteiger partial charge in [0.25, 0.3) is 0 Å². The van der Waals surface area contributed by atoms with Gasteiger partial charge in [-0.15, -0.1) is 0 Å². The minimum Gasteiger partial charge on any atom is -0.492 e. The lowest BCUT2D eigenvalue weighted by Gasteiger charge is -2.09. The summed E-state index contributed by atoms with van der Waals surface area (Å²) in [6.45, 7) is 1.08. The number of nitrogens with two attached hydrogens (primary N) is 1. The molecule has 0 aliphatic carbocycles. The van der Waals surface area contributed by atoms with Gasteiger partial charge in [0.1, 0.15) is 12.4 Å². The van der Waals surface area contributed by atoms with Crippen molar-refractivity contribution in [1.82, 2.24) is 0 Å². The lowest BCUT2D eigenvalue weighted by molar-refractivity contribution is 0.332. The first-order chi connectivity index (χ1) is 8.88. The Labute approximate surface area is 106 Å². The van der Waals surface area contributed by atoms with E-state index in [0.29, 0.717) is 13.2 Å². The lowest BCUT2D eigenvalue weighted by Crippen LogP contribution is -2.10. The van der Waals surface area contributed by atoms with Crippen LogP contribution in [0, 0.1) is 0 Å². The van der Waals surface area contributed by atoms with Crippen LogP contribution in [-0.2, 0) is 0 Å². The zero-order valence-electron chi connectivity index (χ0n) is 10.1. The standard InChI is InChI=1S/C16H15NO/c17-8-9-18-16-7-3-6-14-10-12-4-1-2-5-13(12)11-15(14)16/h1-7,10-11H,8-9,17H2. The Bertz CT molecular complexity index is 691. The molecule has 0 saturated heterocycles. The number of ether oxygens (including phenoxy) is 1. The normalized spacial score (nSPS) is 10.9. The predicted octanol–water partition coefficient (Wildman–Crippen LogP) is 3.33. The zero-order valence-corrected chi connectivity index (χ0v) is 10.1. The third-order valence-electron chi connectivity index (χ3n) is 3.08. The maximum atomic E-state index is 5.69. The fourth-order valence-corrected chi connectivity index (χ4v) is 2.23. The van der Waals surface area contributed by atoms with Crippen LogP contribution in [0.25, 0.3) is 21.5 Å². The molecule has 0 atom stereocenters. The van der Waals surface area contributed by atoms with E-state index in [1.54, 1.807) is 0 Å². The molecule has 2 nitrogen and oxygen atoms in total. The summed E-state index contributed by atoms with van der Waals surface area (Å²) in [7, 11) is 0. The van der Waals surface area contributed by atoms with Gasteiger partial charge in [0.05, 0.1) is 0 Å². The Balaban J connectivity index is 2.22. The van der Waals surface area contributed by atoms with Crippen LogP contribution in [0.5, 0.6) is 5.75 Å². The fraction of sp³-hybridized carbons (Fsp3) is 0.125. The molecule has 3 aromatic carbocycles. The van der Waals surface area contributed by atoms with E-state index in [1.807, 2.05) is 12.1 Å². The Kier molecular flexibility index (Phi) is 2.87. The second-order valence-corrected chi connectivity index (χ2v) is 4.31. The van der Waals surface area contributed by atoms with Gasteiger partial charge in [-0.1, -0.05) is 36.4 Å². The van der Waals surface area contributed by atoms with E-state index in [9.17, 15) is 0 Å². The Hall–Kier alpha value is -2.06. The Morgan fingerprint density at radius 2 is 1.56 bits per heavy atom. The summed E-state index contributed by atoms with van der Waals surface area (Å²) in [4.78, 5) is 0. The van der Waals surface area contributed by atoms with Crippen LogP contribution in [0.1, 0.15) is 0 Å². The van der Waals surface area contributed by atoms with Gasteiger partial charge < -0.3 is 10.5 Å². The van der Waals surface area contributed by atoms with E-state index >= 15 is 0 Å². The summed E-state index contributed by atoms with van der Waals surface area (Å²) in [6, 6.07) is 18.8. The molecule has 0 aliphatic heterocycles. The van der Waals surface area contributed by atoms with Crippen molar-refractivity contribution < 1.29 is 4.74 Å². The molecule has 0 fully saturated rings. The highest BCUT2D eigenvalue weighted by Crippen LogP contribution is 2.29.